The molecule has 0 aliphatic rings. The highest BCUT2D eigenvalue weighted by molar-refractivity contribution is 9.08. The van der Waals surface area contributed by atoms with Crippen LogP contribution in [0.4, 0.5) is 5.13 Å². The molecule has 0 spiro atoms. The van der Waals surface area contributed by atoms with E-state index in [1.165, 1.54) is 16.9 Å². The zero-order chi connectivity index (χ0) is 10.8. The van der Waals surface area contributed by atoms with Gasteiger partial charge in [0.15, 0.2) is 5.96 Å². The number of aromatic nitrogens is 1. The van der Waals surface area contributed by atoms with E-state index in [1.54, 1.807) is 0 Å². The molecule has 15 heavy (non-hydrogen) atoms. The molecule has 0 atom stereocenters. The van der Waals surface area contributed by atoms with Gasteiger partial charge in [-0.25, -0.2) is 4.98 Å². The van der Waals surface area contributed by atoms with Crippen molar-refractivity contribution in [1.82, 2.24) is 4.98 Å². The van der Waals surface area contributed by atoms with E-state index in [0.29, 0.717) is 5.13 Å². The third-order valence-corrected chi connectivity index (χ3v) is 3.40. The molecule has 0 saturated heterocycles. The van der Waals surface area contributed by atoms with Gasteiger partial charge >= 0.3 is 0 Å². The van der Waals surface area contributed by atoms with Gasteiger partial charge in [-0.2, -0.15) is 4.99 Å². The summed E-state index contributed by atoms with van der Waals surface area (Å²) in [6, 6.07) is 6.09. The smallest absolute Gasteiger partial charge is 0.213 e. The second-order valence-electron chi connectivity index (χ2n) is 2.97. The first-order valence-corrected chi connectivity index (χ1v) is 6.18. The van der Waals surface area contributed by atoms with Crippen molar-refractivity contribution in [3.05, 3.63) is 23.8 Å². The van der Waals surface area contributed by atoms with Crippen LogP contribution in [0.2, 0.25) is 0 Å². The number of hydrogen-bond donors (Lipinski definition) is 2. The van der Waals surface area contributed by atoms with Crippen LogP contribution in [-0.4, -0.2) is 10.9 Å². The van der Waals surface area contributed by atoms with Gasteiger partial charge < -0.3 is 11.5 Å². The van der Waals surface area contributed by atoms with E-state index >= 15 is 0 Å². The highest BCUT2D eigenvalue weighted by Gasteiger charge is 2.03. The molecule has 2 aromatic rings. The topological polar surface area (TPSA) is 77.3 Å². The van der Waals surface area contributed by atoms with Gasteiger partial charge in [-0.1, -0.05) is 33.3 Å². The van der Waals surface area contributed by atoms with Crippen molar-refractivity contribution in [2.45, 2.75) is 5.33 Å². The second-order valence-corrected chi connectivity index (χ2v) is 4.54. The largest absolute Gasteiger partial charge is 0.370 e. The molecule has 0 aliphatic heterocycles. The fourth-order valence-corrected chi connectivity index (χ4v) is 2.39. The Bertz CT molecular complexity index is 516. The van der Waals surface area contributed by atoms with Crippen LogP contribution >= 0.6 is 27.3 Å². The van der Waals surface area contributed by atoms with Crippen molar-refractivity contribution in [2.75, 3.05) is 0 Å². The molecule has 0 radical (unpaired) electrons. The second kappa shape index (κ2) is 4.16. The number of rotatable bonds is 2. The lowest BCUT2D eigenvalue weighted by molar-refractivity contribution is 1.35. The van der Waals surface area contributed by atoms with Gasteiger partial charge in [0.05, 0.1) is 10.2 Å². The molecule has 4 nitrogen and oxygen atoms in total. The highest BCUT2D eigenvalue weighted by atomic mass is 79.9. The number of aliphatic imine (C=N–C) groups is 1. The van der Waals surface area contributed by atoms with Crippen molar-refractivity contribution in [1.29, 1.82) is 0 Å². The van der Waals surface area contributed by atoms with Crippen LogP contribution < -0.4 is 11.5 Å². The molecule has 0 aliphatic carbocycles. The number of halogens is 1. The van der Waals surface area contributed by atoms with Crippen LogP contribution in [0.1, 0.15) is 5.56 Å². The maximum absolute atomic E-state index is 5.29. The maximum atomic E-state index is 5.29. The summed E-state index contributed by atoms with van der Waals surface area (Å²) in [5.41, 5.74) is 12.7. The molecular weight excluding hydrogens is 276 g/mol. The third-order valence-electron chi connectivity index (χ3n) is 1.82. The number of thiazole rings is 1. The summed E-state index contributed by atoms with van der Waals surface area (Å²) in [6.07, 6.45) is 0. The van der Waals surface area contributed by atoms with Gasteiger partial charge in [0.25, 0.3) is 0 Å². The molecule has 0 amide bonds. The lowest BCUT2D eigenvalue weighted by Gasteiger charge is -1.92. The monoisotopic (exact) mass is 284 g/mol. The summed E-state index contributed by atoms with van der Waals surface area (Å²) in [4.78, 5) is 8.23. The summed E-state index contributed by atoms with van der Waals surface area (Å²) in [5, 5.41) is 1.41. The molecule has 2 rings (SSSR count). The Morgan fingerprint density at radius 1 is 1.47 bits per heavy atom. The lowest BCUT2D eigenvalue weighted by Crippen LogP contribution is -2.21. The van der Waals surface area contributed by atoms with Crippen molar-refractivity contribution in [3.63, 3.8) is 0 Å². The molecule has 78 valence electrons. The molecule has 0 bridgehead atoms. The summed E-state index contributed by atoms with van der Waals surface area (Å²) in [7, 11) is 0. The number of fused-ring (bicyclic) bond motifs is 1. The lowest BCUT2D eigenvalue weighted by atomic mass is 10.2. The maximum Gasteiger partial charge on any atom is 0.213 e. The van der Waals surface area contributed by atoms with E-state index in [1.807, 2.05) is 12.1 Å². The van der Waals surface area contributed by atoms with Crippen LogP contribution in [0.25, 0.3) is 10.2 Å². The molecular formula is C9H9BrN4S. The Morgan fingerprint density at radius 2 is 2.27 bits per heavy atom. The molecule has 6 heteroatoms. The van der Waals surface area contributed by atoms with Gasteiger partial charge in [0.1, 0.15) is 0 Å². The number of nitrogens with two attached hydrogens (primary N) is 2. The zero-order valence-corrected chi connectivity index (χ0v) is 10.2. The van der Waals surface area contributed by atoms with Crippen molar-refractivity contribution >= 4 is 48.6 Å². The molecule has 4 N–H and O–H groups in total. The molecule has 1 aromatic heterocycles. The number of nitrogens with zero attached hydrogens (tertiary/aromatic N) is 2. The first-order valence-electron chi connectivity index (χ1n) is 4.24. The van der Waals surface area contributed by atoms with Crippen LogP contribution in [0, 0.1) is 0 Å². The van der Waals surface area contributed by atoms with E-state index in [4.69, 9.17) is 11.5 Å². The normalized spacial score (nSPS) is 10.5. The third kappa shape index (κ3) is 2.27. The van der Waals surface area contributed by atoms with E-state index in [-0.39, 0.29) is 5.96 Å². The summed E-state index contributed by atoms with van der Waals surface area (Å²) >= 11 is 4.87. The first-order chi connectivity index (χ1) is 7.19. The van der Waals surface area contributed by atoms with Crippen molar-refractivity contribution in [2.24, 2.45) is 16.5 Å². The van der Waals surface area contributed by atoms with E-state index in [9.17, 15) is 0 Å². The summed E-state index contributed by atoms with van der Waals surface area (Å²) in [6.45, 7) is 0. The highest BCUT2D eigenvalue weighted by Crippen LogP contribution is 2.28. The average Bonchev–Trinajstić information content (AvgIpc) is 2.57. The standard InChI is InChI=1S/C9H9BrN4S/c10-4-5-1-2-7-6(3-5)13-9(15-7)14-8(11)12/h1-3H,4H2,(H4,11,12,13,14). The quantitative estimate of drug-likeness (QED) is 0.504. The van der Waals surface area contributed by atoms with Gasteiger partial charge in [0, 0.05) is 5.33 Å². The van der Waals surface area contributed by atoms with Crippen molar-refractivity contribution < 1.29 is 0 Å². The molecule has 1 aromatic carbocycles. The Balaban J connectivity index is 2.51. The predicted octanol–water partition coefficient (Wildman–Crippen LogP) is 2.10. The van der Waals surface area contributed by atoms with E-state index in [0.717, 1.165) is 15.5 Å². The fraction of sp³-hybridized carbons (Fsp3) is 0.111. The minimum absolute atomic E-state index is 0.0368. The fourth-order valence-electron chi connectivity index (χ4n) is 1.20. The van der Waals surface area contributed by atoms with Gasteiger partial charge in [-0.05, 0) is 17.7 Å². The SMILES string of the molecule is NC(N)=Nc1nc2cc(CBr)ccc2s1. The van der Waals surface area contributed by atoms with E-state index in [2.05, 4.69) is 32.0 Å². The van der Waals surface area contributed by atoms with Gasteiger partial charge in [0.2, 0.25) is 5.13 Å². The van der Waals surface area contributed by atoms with Gasteiger partial charge in [-0.3, -0.25) is 0 Å². The first kappa shape index (κ1) is 10.4. The molecule has 1 heterocycles. The predicted molar refractivity (Wildman–Crippen MR) is 67.7 cm³/mol. The Hall–Kier alpha value is -1.14. The number of alkyl halides is 1. The number of benzene rings is 1. The summed E-state index contributed by atoms with van der Waals surface area (Å²) in [5.74, 6) is 0.0368. The Labute approximate surface area is 99.1 Å². The molecule has 0 fully saturated rings. The number of hydrogen-bond acceptors (Lipinski definition) is 3. The minimum atomic E-state index is 0.0368. The van der Waals surface area contributed by atoms with Crippen LogP contribution in [-0.2, 0) is 5.33 Å². The van der Waals surface area contributed by atoms with Crippen LogP contribution in [0.5, 0.6) is 0 Å². The average molecular weight is 285 g/mol. The van der Waals surface area contributed by atoms with Crippen LogP contribution in [0.3, 0.4) is 0 Å². The molecule has 0 unspecified atom stereocenters. The Morgan fingerprint density at radius 3 is 2.93 bits per heavy atom. The Kier molecular flexibility index (Phi) is 2.88. The molecule has 0 saturated carbocycles. The van der Waals surface area contributed by atoms with Crippen LogP contribution in [0.15, 0.2) is 23.2 Å². The van der Waals surface area contributed by atoms with E-state index < -0.39 is 0 Å². The minimum Gasteiger partial charge on any atom is -0.370 e. The zero-order valence-electron chi connectivity index (χ0n) is 7.77. The number of guanidine groups is 1. The van der Waals surface area contributed by atoms with Gasteiger partial charge in [-0.15, -0.1) is 0 Å². The van der Waals surface area contributed by atoms with Crippen molar-refractivity contribution in [3.8, 4) is 0 Å². The summed E-state index contributed by atoms with van der Waals surface area (Å²) < 4.78 is 1.08.